The topological polar surface area (TPSA) is 27.7 Å². The molecule has 0 amide bonds. The van der Waals surface area contributed by atoms with Gasteiger partial charge in [0.15, 0.2) is 0 Å². The van der Waals surface area contributed by atoms with Gasteiger partial charge in [0.25, 0.3) is 0 Å². The van der Waals surface area contributed by atoms with E-state index in [4.69, 9.17) is 46.5 Å². The van der Waals surface area contributed by atoms with Crippen molar-refractivity contribution in [3.05, 3.63) is 0 Å². The van der Waals surface area contributed by atoms with Crippen molar-refractivity contribution in [1.29, 1.82) is 0 Å². The largest absolute Gasteiger partial charge is 0.503 e. The van der Waals surface area contributed by atoms with E-state index in [1.165, 1.54) is 21.3 Å². The van der Waals surface area contributed by atoms with Crippen LogP contribution in [0.3, 0.4) is 0 Å². The van der Waals surface area contributed by atoms with Crippen LogP contribution in [0, 0.1) is 0 Å². The average Bonchev–Trinajstić information content (AvgIpc) is 2.07. The van der Waals surface area contributed by atoms with E-state index in [-0.39, 0.29) is 5.16 Å². The molecule has 0 aliphatic heterocycles. The highest BCUT2D eigenvalue weighted by molar-refractivity contribution is 7.66. The fourth-order valence-corrected chi connectivity index (χ4v) is 8.81. The lowest BCUT2D eigenvalue weighted by atomic mass is 10.9. The smallest absolute Gasteiger partial charge is 0.377 e. The second-order valence-corrected chi connectivity index (χ2v) is 15.4. The van der Waals surface area contributed by atoms with Gasteiger partial charge in [0.2, 0.25) is 0 Å². The SMILES string of the molecule is CO[Si](OC)(OC)C(C)[Si](Cl)(Cl)Cl. The minimum absolute atomic E-state index is 0.287. The van der Waals surface area contributed by atoms with Crippen LogP contribution in [0.1, 0.15) is 6.92 Å². The third-order valence-electron chi connectivity index (χ3n) is 1.87. The Labute approximate surface area is 94.7 Å². The number of rotatable bonds is 5. The van der Waals surface area contributed by atoms with Gasteiger partial charge < -0.3 is 13.3 Å². The van der Waals surface area contributed by atoms with E-state index in [0.717, 1.165) is 0 Å². The molecule has 0 heterocycles. The lowest BCUT2D eigenvalue weighted by molar-refractivity contribution is 0.121. The molecule has 0 radical (unpaired) electrons. The molecule has 0 rings (SSSR count). The number of hydrogen-bond donors (Lipinski definition) is 0. The van der Waals surface area contributed by atoms with Gasteiger partial charge >= 0.3 is 14.8 Å². The van der Waals surface area contributed by atoms with Gasteiger partial charge in [0.05, 0.1) is 5.16 Å². The van der Waals surface area contributed by atoms with E-state index >= 15 is 0 Å². The molecule has 1 atom stereocenters. The Bertz CT molecular complexity index is 151. The predicted molar refractivity (Wildman–Crippen MR) is 59.5 cm³/mol. The lowest BCUT2D eigenvalue weighted by Crippen LogP contribution is -2.52. The van der Waals surface area contributed by atoms with Gasteiger partial charge in [-0.1, -0.05) is 6.92 Å². The molecule has 0 saturated carbocycles. The first-order valence-corrected chi connectivity index (χ1v) is 10.5. The van der Waals surface area contributed by atoms with Crippen molar-refractivity contribution in [3.63, 3.8) is 0 Å². The average molecular weight is 284 g/mol. The zero-order valence-electron chi connectivity index (χ0n) is 7.94. The zero-order chi connectivity index (χ0) is 10.7. The normalized spacial score (nSPS) is 15.9. The van der Waals surface area contributed by atoms with Crippen molar-refractivity contribution < 1.29 is 13.3 Å². The summed E-state index contributed by atoms with van der Waals surface area (Å²) in [6.07, 6.45) is 0. The van der Waals surface area contributed by atoms with Gasteiger partial charge in [0.1, 0.15) is 0 Å². The summed E-state index contributed by atoms with van der Waals surface area (Å²) in [4.78, 5) is 0. The number of halogens is 3. The molecule has 0 bridgehead atoms. The van der Waals surface area contributed by atoms with Crippen molar-refractivity contribution in [1.82, 2.24) is 0 Å². The van der Waals surface area contributed by atoms with Gasteiger partial charge in [-0.2, -0.15) is 0 Å². The molecule has 13 heavy (non-hydrogen) atoms. The number of hydrogen-bond acceptors (Lipinski definition) is 3. The van der Waals surface area contributed by atoms with Crippen LogP contribution in [-0.2, 0) is 13.3 Å². The highest BCUT2D eigenvalue weighted by Gasteiger charge is 2.55. The molecule has 3 nitrogen and oxygen atoms in total. The highest BCUT2D eigenvalue weighted by Crippen LogP contribution is 2.40. The van der Waals surface area contributed by atoms with Gasteiger partial charge in [-0.25, -0.2) is 0 Å². The Morgan fingerprint density at radius 1 is 0.923 bits per heavy atom. The third-order valence-corrected chi connectivity index (χ3v) is 12.6. The fraction of sp³-hybridized carbons (Fsp3) is 1.00. The summed E-state index contributed by atoms with van der Waals surface area (Å²) in [6.45, 7) is 1.78. The summed E-state index contributed by atoms with van der Waals surface area (Å²) >= 11 is 17.6. The maximum Gasteiger partial charge on any atom is 0.503 e. The molecule has 0 aliphatic rings. The van der Waals surface area contributed by atoms with E-state index in [9.17, 15) is 0 Å². The maximum absolute atomic E-state index is 5.87. The monoisotopic (exact) mass is 282 g/mol. The molecule has 0 saturated heterocycles. The summed E-state index contributed by atoms with van der Waals surface area (Å²) < 4.78 is 15.6. The first-order chi connectivity index (χ1) is 5.84. The van der Waals surface area contributed by atoms with Crippen LogP contribution < -0.4 is 0 Å². The molecule has 0 aromatic heterocycles. The molecular weight excluding hydrogens is 271 g/mol. The van der Waals surface area contributed by atoms with Gasteiger partial charge in [-0.05, 0) is 0 Å². The van der Waals surface area contributed by atoms with Crippen LogP contribution in [0.2, 0.25) is 5.16 Å². The Balaban J connectivity index is 4.73. The minimum atomic E-state index is -2.86. The zero-order valence-corrected chi connectivity index (χ0v) is 12.2. The van der Waals surface area contributed by atoms with Crippen molar-refractivity contribution in [2.24, 2.45) is 0 Å². The second-order valence-electron chi connectivity index (χ2n) is 2.48. The summed E-state index contributed by atoms with van der Waals surface area (Å²) in [5.74, 6) is 0. The molecule has 80 valence electrons. The first-order valence-electron chi connectivity index (χ1n) is 3.56. The van der Waals surface area contributed by atoms with Crippen LogP contribution in [-0.4, -0.2) is 36.1 Å². The molecule has 0 fully saturated rings. The predicted octanol–water partition coefficient (Wildman–Crippen LogP) is 2.45. The molecule has 0 spiro atoms. The van der Waals surface area contributed by atoms with Crippen LogP contribution >= 0.6 is 33.2 Å². The second kappa shape index (κ2) is 5.32. The summed E-state index contributed by atoms with van der Waals surface area (Å²) in [5.41, 5.74) is 0. The van der Waals surface area contributed by atoms with E-state index in [1.807, 2.05) is 0 Å². The van der Waals surface area contributed by atoms with Crippen LogP contribution in [0.15, 0.2) is 0 Å². The van der Waals surface area contributed by atoms with Gasteiger partial charge in [-0.3, -0.25) is 0 Å². The summed E-state index contributed by atoms with van der Waals surface area (Å²) in [7, 11) is 1.71. The van der Waals surface area contributed by atoms with Crippen molar-refractivity contribution in [2.75, 3.05) is 21.3 Å². The van der Waals surface area contributed by atoms with Crippen molar-refractivity contribution in [2.45, 2.75) is 12.1 Å². The standard InChI is InChI=1S/C5H13Cl3O3Si2/c1-5(12(6,7)8)13(9-2,10-3)11-4/h5H,1-4H3. The fourth-order valence-electron chi connectivity index (χ4n) is 0.981. The quantitative estimate of drug-likeness (QED) is 0.573. The van der Waals surface area contributed by atoms with E-state index in [1.54, 1.807) is 6.92 Å². The molecule has 0 aromatic carbocycles. The van der Waals surface area contributed by atoms with Crippen molar-refractivity contribution >= 4 is 48.0 Å². The molecule has 1 unspecified atom stereocenters. The van der Waals surface area contributed by atoms with Gasteiger partial charge in [-0.15, -0.1) is 33.2 Å². The minimum Gasteiger partial charge on any atom is -0.377 e. The molecule has 8 heteroatoms. The summed E-state index contributed by atoms with van der Waals surface area (Å²) in [6, 6.07) is -2.86. The molecule has 0 aliphatic carbocycles. The van der Waals surface area contributed by atoms with Crippen LogP contribution in [0.4, 0.5) is 0 Å². The van der Waals surface area contributed by atoms with Crippen LogP contribution in [0.5, 0.6) is 0 Å². The third kappa shape index (κ3) is 3.35. The van der Waals surface area contributed by atoms with Crippen molar-refractivity contribution in [3.8, 4) is 0 Å². The van der Waals surface area contributed by atoms with E-state index in [0.29, 0.717) is 0 Å². The Kier molecular flexibility index (Phi) is 5.80. The molecule has 0 N–H and O–H groups in total. The highest BCUT2D eigenvalue weighted by atomic mass is 35.8. The maximum atomic E-state index is 5.87. The Morgan fingerprint density at radius 2 is 1.23 bits per heavy atom. The van der Waals surface area contributed by atoms with Gasteiger partial charge in [0, 0.05) is 21.3 Å². The Hall–Kier alpha value is 1.18. The summed E-state index contributed by atoms with van der Waals surface area (Å²) in [5, 5.41) is -0.287. The van der Waals surface area contributed by atoms with Crippen LogP contribution in [0.25, 0.3) is 0 Å². The molecular formula is C5H13Cl3O3Si2. The Morgan fingerprint density at radius 3 is 1.31 bits per heavy atom. The van der Waals surface area contributed by atoms with E-state index in [2.05, 4.69) is 0 Å². The van der Waals surface area contributed by atoms with E-state index < -0.39 is 14.8 Å². The molecule has 0 aromatic rings. The lowest BCUT2D eigenvalue weighted by Gasteiger charge is -2.32. The first kappa shape index (κ1) is 14.2.